The van der Waals surface area contributed by atoms with Crippen molar-refractivity contribution in [3.05, 3.63) is 34.4 Å². The summed E-state index contributed by atoms with van der Waals surface area (Å²) in [5.41, 5.74) is 6.44. The monoisotopic (exact) mass is 229 g/mol. The van der Waals surface area contributed by atoms with Gasteiger partial charge in [-0.1, -0.05) is 17.7 Å². The molecular formula is C16H23N. The Morgan fingerprint density at radius 1 is 1.24 bits per heavy atom. The van der Waals surface area contributed by atoms with Crippen LogP contribution in [0.15, 0.2) is 12.1 Å². The van der Waals surface area contributed by atoms with E-state index in [0.717, 1.165) is 12.5 Å². The molecule has 1 aromatic rings. The van der Waals surface area contributed by atoms with Crippen LogP contribution >= 0.6 is 0 Å². The van der Waals surface area contributed by atoms with Gasteiger partial charge >= 0.3 is 0 Å². The van der Waals surface area contributed by atoms with E-state index in [1.54, 1.807) is 16.7 Å². The third kappa shape index (κ3) is 1.91. The number of benzene rings is 1. The number of hydrogen-bond acceptors (Lipinski definition) is 1. The van der Waals surface area contributed by atoms with Crippen LogP contribution in [0.5, 0.6) is 0 Å². The fourth-order valence-electron chi connectivity index (χ4n) is 3.64. The van der Waals surface area contributed by atoms with Crippen molar-refractivity contribution >= 4 is 0 Å². The minimum atomic E-state index is 0.675. The van der Waals surface area contributed by atoms with E-state index in [2.05, 4.69) is 37.8 Å². The lowest BCUT2D eigenvalue weighted by molar-refractivity contribution is 0.176. The van der Waals surface area contributed by atoms with Crippen LogP contribution in [0, 0.1) is 6.92 Å². The molecule has 1 aliphatic heterocycles. The third-order valence-electron chi connectivity index (χ3n) is 4.46. The Morgan fingerprint density at radius 3 is 2.76 bits per heavy atom. The van der Waals surface area contributed by atoms with E-state index in [1.165, 1.54) is 31.4 Å². The quantitative estimate of drug-likeness (QED) is 0.710. The molecule has 0 bridgehead atoms. The maximum atomic E-state index is 2.64. The molecule has 92 valence electrons. The molecule has 1 aromatic carbocycles. The Balaban J connectivity index is 2.06. The second-order valence-electron chi connectivity index (χ2n) is 6.11. The molecule has 0 spiro atoms. The fourth-order valence-corrected chi connectivity index (χ4v) is 3.64. The molecule has 17 heavy (non-hydrogen) atoms. The number of aryl methyl sites for hydroxylation is 2. The van der Waals surface area contributed by atoms with Crippen molar-refractivity contribution in [1.82, 2.24) is 4.90 Å². The molecule has 0 radical (unpaired) electrons. The predicted molar refractivity (Wildman–Crippen MR) is 72.4 cm³/mol. The van der Waals surface area contributed by atoms with Crippen LogP contribution < -0.4 is 0 Å². The molecule has 2 aliphatic rings. The summed E-state index contributed by atoms with van der Waals surface area (Å²) in [6.45, 7) is 9.34. The van der Waals surface area contributed by atoms with E-state index in [4.69, 9.17) is 0 Å². The van der Waals surface area contributed by atoms with Gasteiger partial charge in [0.15, 0.2) is 0 Å². The topological polar surface area (TPSA) is 3.24 Å². The van der Waals surface area contributed by atoms with E-state index in [1.807, 2.05) is 0 Å². The summed E-state index contributed by atoms with van der Waals surface area (Å²) in [5, 5.41) is 0. The lowest BCUT2D eigenvalue weighted by Gasteiger charge is -2.40. The van der Waals surface area contributed by atoms with Crippen molar-refractivity contribution in [2.24, 2.45) is 0 Å². The Labute approximate surface area is 105 Å². The Kier molecular flexibility index (Phi) is 2.74. The second kappa shape index (κ2) is 4.13. The zero-order chi connectivity index (χ0) is 12.0. The summed E-state index contributed by atoms with van der Waals surface area (Å²) < 4.78 is 0. The summed E-state index contributed by atoms with van der Waals surface area (Å²) in [4.78, 5) is 2.64. The van der Waals surface area contributed by atoms with Gasteiger partial charge in [0.2, 0.25) is 0 Å². The average Bonchev–Trinajstić information content (AvgIpc) is 2.28. The summed E-state index contributed by atoms with van der Waals surface area (Å²) in [7, 11) is 0. The van der Waals surface area contributed by atoms with Gasteiger partial charge < -0.3 is 0 Å². The fraction of sp³-hybridized carbons (Fsp3) is 0.625. The summed E-state index contributed by atoms with van der Waals surface area (Å²) in [5.74, 6) is 0.811. The van der Waals surface area contributed by atoms with Gasteiger partial charge in [-0.05, 0) is 62.6 Å². The highest BCUT2D eigenvalue weighted by Crippen LogP contribution is 2.39. The van der Waals surface area contributed by atoms with Crippen LogP contribution in [0.1, 0.15) is 54.9 Å². The van der Waals surface area contributed by atoms with E-state index in [0.29, 0.717) is 6.04 Å². The van der Waals surface area contributed by atoms with Gasteiger partial charge in [0.25, 0.3) is 0 Å². The minimum absolute atomic E-state index is 0.675. The summed E-state index contributed by atoms with van der Waals surface area (Å²) in [6.07, 6.45) is 4.08. The molecule has 0 amide bonds. The Hall–Kier alpha value is -0.820. The number of hydrogen-bond donors (Lipinski definition) is 0. The smallest absolute Gasteiger partial charge is 0.0239 e. The average molecular weight is 229 g/mol. The van der Waals surface area contributed by atoms with Crippen LogP contribution in [-0.2, 0) is 13.0 Å². The molecule has 0 fully saturated rings. The van der Waals surface area contributed by atoms with Crippen molar-refractivity contribution in [2.45, 2.75) is 58.5 Å². The lowest BCUT2D eigenvalue weighted by Crippen LogP contribution is -2.39. The van der Waals surface area contributed by atoms with E-state index in [9.17, 15) is 0 Å². The molecule has 1 atom stereocenters. The highest BCUT2D eigenvalue weighted by Gasteiger charge is 2.30. The maximum absolute atomic E-state index is 2.64. The van der Waals surface area contributed by atoms with Crippen molar-refractivity contribution in [2.75, 3.05) is 6.54 Å². The highest BCUT2D eigenvalue weighted by atomic mass is 15.2. The standard InChI is InChI=1S/C16H23N/c1-11(2)17-9-14-6-4-5-13-7-12(3)8-15(10-17)16(13)14/h7-8,11,14H,4-6,9-10H2,1-3H3. The molecular weight excluding hydrogens is 206 g/mol. The zero-order valence-corrected chi connectivity index (χ0v) is 11.3. The highest BCUT2D eigenvalue weighted by molar-refractivity contribution is 5.44. The van der Waals surface area contributed by atoms with Crippen LogP contribution in [0.3, 0.4) is 0 Å². The first-order chi connectivity index (χ1) is 8.15. The molecule has 3 rings (SSSR count). The van der Waals surface area contributed by atoms with E-state index >= 15 is 0 Å². The molecule has 0 N–H and O–H groups in total. The summed E-state index contributed by atoms with van der Waals surface area (Å²) >= 11 is 0. The van der Waals surface area contributed by atoms with Gasteiger partial charge in [0.05, 0.1) is 0 Å². The van der Waals surface area contributed by atoms with Gasteiger partial charge in [-0.3, -0.25) is 4.90 Å². The predicted octanol–water partition coefficient (Wildman–Crippen LogP) is 3.64. The third-order valence-corrected chi connectivity index (χ3v) is 4.46. The first kappa shape index (κ1) is 11.3. The molecule has 0 saturated carbocycles. The molecule has 0 aromatic heterocycles. The molecule has 1 heterocycles. The van der Waals surface area contributed by atoms with Crippen LogP contribution in [0.4, 0.5) is 0 Å². The zero-order valence-electron chi connectivity index (χ0n) is 11.3. The molecule has 1 aliphatic carbocycles. The largest absolute Gasteiger partial charge is 0.296 e. The lowest BCUT2D eigenvalue weighted by atomic mass is 9.77. The minimum Gasteiger partial charge on any atom is -0.296 e. The SMILES string of the molecule is Cc1cc2c3c(c1)CN(C(C)C)CC3CCC2. The van der Waals surface area contributed by atoms with E-state index in [-0.39, 0.29) is 0 Å². The maximum Gasteiger partial charge on any atom is 0.0239 e. The van der Waals surface area contributed by atoms with Crippen LogP contribution in [0.2, 0.25) is 0 Å². The molecule has 1 unspecified atom stereocenters. The molecule has 0 saturated heterocycles. The Morgan fingerprint density at radius 2 is 2.00 bits per heavy atom. The van der Waals surface area contributed by atoms with Crippen molar-refractivity contribution < 1.29 is 0 Å². The van der Waals surface area contributed by atoms with Crippen molar-refractivity contribution in [3.63, 3.8) is 0 Å². The van der Waals surface area contributed by atoms with E-state index < -0.39 is 0 Å². The van der Waals surface area contributed by atoms with Crippen molar-refractivity contribution in [3.8, 4) is 0 Å². The summed E-state index contributed by atoms with van der Waals surface area (Å²) in [6, 6.07) is 5.52. The van der Waals surface area contributed by atoms with Gasteiger partial charge in [0, 0.05) is 19.1 Å². The first-order valence-electron chi connectivity index (χ1n) is 7.01. The number of nitrogens with zero attached hydrogens (tertiary/aromatic N) is 1. The van der Waals surface area contributed by atoms with Crippen LogP contribution in [0.25, 0.3) is 0 Å². The van der Waals surface area contributed by atoms with Crippen LogP contribution in [-0.4, -0.2) is 17.5 Å². The van der Waals surface area contributed by atoms with Gasteiger partial charge in [-0.2, -0.15) is 0 Å². The van der Waals surface area contributed by atoms with Crippen molar-refractivity contribution in [1.29, 1.82) is 0 Å². The van der Waals surface area contributed by atoms with Gasteiger partial charge in [-0.25, -0.2) is 0 Å². The Bertz CT molecular complexity index is 433. The normalized spacial score (nSPS) is 23.9. The molecule has 1 heteroatoms. The number of rotatable bonds is 1. The molecule has 1 nitrogen and oxygen atoms in total. The first-order valence-corrected chi connectivity index (χ1v) is 7.01. The van der Waals surface area contributed by atoms with Gasteiger partial charge in [-0.15, -0.1) is 0 Å². The second-order valence-corrected chi connectivity index (χ2v) is 6.11. The van der Waals surface area contributed by atoms with Gasteiger partial charge in [0.1, 0.15) is 0 Å².